The molecule has 4 nitrogen and oxygen atoms in total. The van der Waals surface area contributed by atoms with Gasteiger partial charge in [-0.1, -0.05) is 0 Å². The molecule has 1 N–H and O–H groups in total. The number of hydrogen-bond donors (Lipinski definition) is 1. The molecular weight excluding hydrogens is 202 g/mol. The second kappa shape index (κ2) is 4.37. The third kappa shape index (κ3) is 2.67. The molecule has 1 amide bonds. The van der Waals surface area contributed by atoms with E-state index in [1.54, 1.807) is 32.3 Å². The number of alkyl halides is 1. The van der Waals surface area contributed by atoms with E-state index >= 15 is 0 Å². The highest BCUT2D eigenvalue weighted by molar-refractivity contribution is 6.20. The summed E-state index contributed by atoms with van der Waals surface area (Å²) in [6.07, 6.45) is 3.13. The van der Waals surface area contributed by atoms with Gasteiger partial charge in [0.1, 0.15) is 0 Å². The summed E-state index contributed by atoms with van der Waals surface area (Å²) in [5.41, 5.74) is -0.610. The summed E-state index contributed by atoms with van der Waals surface area (Å²) in [6.45, 7) is 3.52. The Kier molecular flexibility index (Phi) is 3.41. The van der Waals surface area contributed by atoms with Gasteiger partial charge in [-0.05, 0) is 19.9 Å². The Morgan fingerprint density at radius 2 is 2.07 bits per heavy atom. The molecule has 0 saturated heterocycles. The van der Waals surface area contributed by atoms with Gasteiger partial charge in [0.25, 0.3) is 0 Å². The van der Waals surface area contributed by atoms with Crippen molar-refractivity contribution in [3.63, 3.8) is 0 Å². The quantitative estimate of drug-likeness (QED) is 0.778. The number of carbonyl (C=O) groups is 1. The van der Waals surface area contributed by atoms with Crippen molar-refractivity contribution < 1.29 is 4.79 Å². The van der Waals surface area contributed by atoms with Crippen LogP contribution in [0.25, 0.3) is 0 Å². The van der Waals surface area contributed by atoms with Crippen molar-refractivity contribution >= 4 is 23.5 Å². The average molecular weight is 214 g/mol. The van der Waals surface area contributed by atoms with E-state index in [0.29, 0.717) is 5.95 Å². The molecule has 1 heterocycles. The number of carbonyl (C=O) groups excluding carboxylic acids is 1. The highest BCUT2D eigenvalue weighted by Gasteiger charge is 2.26. The standard InChI is InChI=1S/C9H12ClN3O/c1-9(2,6-10)7(14)13-8-11-4-3-5-12-8/h3-5H,6H2,1-2H3,(H,11,12,13,14). The van der Waals surface area contributed by atoms with Crippen LogP contribution in [0.5, 0.6) is 0 Å². The van der Waals surface area contributed by atoms with Crippen LogP contribution in [0.3, 0.4) is 0 Å². The minimum Gasteiger partial charge on any atom is -0.294 e. The molecule has 0 fully saturated rings. The van der Waals surface area contributed by atoms with Gasteiger partial charge in [-0.15, -0.1) is 11.6 Å². The number of amides is 1. The molecular formula is C9H12ClN3O. The molecule has 5 heteroatoms. The first kappa shape index (κ1) is 10.9. The van der Waals surface area contributed by atoms with E-state index in [4.69, 9.17) is 11.6 Å². The molecule has 76 valence electrons. The summed E-state index contributed by atoms with van der Waals surface area (Å²) in [6, 6.07) is 1.68. The number of rotatable bonds is 3. The summed E-state index contributed by atoms with van der Waals surface area (Å²) in [4.78, 5) is 19.4. The normalized spacial score (nSPS) is 11.1. The first-order chi connectivity index (χ1) is 6.56. The zero-order valence-electron chi connectivity index (χ0n) is 8.12. The Morgan fingerprint density at radius 3 is 2.57 bits per heavy atom. The van der Waals surface area contributed by atoms with Gasteiger partial charge < -0.3 is 0 Å². The third-order valence-corrected chi connectivity index (χ3v) is 2.41. The van der Waals surface area contributed by atoms with Gasteiger partial charge in [0.05, 0.1) is 5.41 Å². The maximum atomic E-state index is 11.6. The second-order valence-electron chi connectivity index (χ2n) is 3.54. The molecule has 1 rings (SSSR count). The number of aromatic nitrogens is 2. The van der Waals surface area contributed by atoms with E-state index in [2.05, 4.69) is 15.3 Å². The van der Waals surface area contributed by atoms with Crippen LogP contribution in [0.4, 0.5) is 5.95 Å². The Labute approximate surface area is 87.7 Å². The molecule has 1 aromatic heterocycles. The topological polar surface area (TPSA) is 54.9 Å². The smallest absolute Gasteiger partial charge is 0.233 e. The minimum atomic E-state index is -0.610. The van der Waals surface area contributed by atoms with Crippen LogP contribution in [0, 0.1) is 5.41 Å². The summed E-state index contributed by atoms with van der Waals surface area (Å²) in [5.74, 6) is 0.375. The predicted octanol–water partition coefficient (Wildman–Crippen LogP) is 1.68. The summed E-state index contributed by atoms with van der Waals surface area (Å²) >= 11 is 5.65. The van der Waals surface area contributed by atoms with Crippen molar-refractivity contribution in [2.45, 2.75) is 13.8 Å². The maximum absolute atomic E-state index is 11.6. The number of nitrogens with zero attached hydrogens (tertiary/aromatic N) is 2. The lowest BCUT2D eigenvalue weighted by atomic mass is 9.95. The van der Waals surface area contributed by atoms with Gasteiger partial charge in [0, 0.05) is 18.3 Å². The van der Waals surface area contributed by atoms with E-state index in [9.17, 15) is 4.79 Å². The zero-order valence-corrected chi connectivity index (χ0v) is 8.88. The van der Waals surface area contributed by atoms with E-state index in [1.807, 2.05) is 0 Å². The SMILES string of the molecule is CC(C)(CCl)C(=O)Nc1ncccn1. The lowest BCUT2D eigenvalue weighted by molar-refractivity contribution is -0.123. The summed E-state index contributed by atoms with van der Waals surface area (Å²) in [7, 11) is 0. The molecule has 0 aliphatic carbocycles. The van der Waals surface area contributed by atoms with E-state index < -0.39 is 5.41 Å². The van der Waals surface area contributed by atoms with Crippen LogP contribution in [0.1, 0.15) is 13.8 Å². The van der Waals surface area contributed by atoms with Crippen molar-refractivity contribution in [3.8, 4) is 0 Å². The van der Waals surface area contributed by atoms with E-state index in [-0.39, 0.29) is 11.8 Å². The fraction of sp³-hybridized carbons (Fsp3) is 0.444. The van der Waals surface area contributed by atoms with Gasteiger partial charge >= 0.3 is 0 Å². The van der Waals surface area contributed by atoms with Crippen molar-refractivity contribution in [2.75, 3.05) is 11.2 Å². The zero-order chi connectivity index (χ0) is 10.6. The molecule has 1 aromatic rings. The number of anilines is 1. The average Bonchev–Trinajstić information content (AvgIpc) is 2.19. The van der Waals surface area contributed by atoms with Crippen LogP contribution in [-0.2, 0) is 4.79 Å². The Balaban J connectivity index is 2.67. The predicted molar refractivity (Wildman–Crippen MR) is 55.2 cm³/mol. The fourth-order valence-corrected chi connectivity index (χ4v) is 0.816. The van der Waals surface area contributed by atoms with Gasteiger partial charge in [-0.3, -0.25) is 10.1 Å². The van der Waals surface area contributed by atoms with Gasteiger partial charge in [-0.2, -0.15) is 0 Å². The van der Waals surface area contributed by atoms with E-state index in [0.717, 1.165) is 0 Å². The van der Waals surface area contributed by atoms with Gasteiger partial charge in [-0.25, -0.2) is 9.97 Å². The molecule has 0 radical (unpaired) electrons. The highest BCUT2D eigenvalue weighted by Crippen LogP contribution is 2.18. The first-order valence-corrected chi connectivity index (χ1v) is 4.74. The molecule has 0 aliphatic heterocycles. The summed E-state index contributed by atoms with van der Waals surface area (Å²) in [5, 5.41) is 2.59. The van der Waals surface area contributed by atoms with Crippen molar-refractivity contribution in [3.05, 3.63) is 18.5 Å². The number of hydrogen-bond acceptors (Lipinski definition) is 3. The molecule has 0 aromatic carbocycles. The Hall–Kier alpha value is -1.16. The maximum Gasteiger partial charge on any atom is 0.233 e. The Bertz CT molecular complexity index is 313. The van der Waals surface area contributed by atoms with Crippen molar-refractivity contribution in [2.24, 2.45) is 5.41 Å². The first-order valence-electron chi connectivity index (χ1n) is 4.21. The van der Waals surface area contributed by atoms with Crippen LogP contribution >= 0.6 is 11.6 Å². The third-order valence-electron chi connectivity index (χ3n) is 1.74. The number of nitrogens with one attached hydrogen (secondary N) is 1. The van der Waals surface area contributed by atoms with Crippen molar-refractivity contribution in [1.29, 1.82) is 0 Å². The van der Waals surface area contributed by atoms with Crippen LogP contribution in [0.2, 0.25) is 0 Å². The summed E-state index contributed by atoms with van der Waals surface area (Å²) < 4.78 is 0. The lowest BCUT2D eigenvalue weighted by Gasteiger charge is -2.19. The number of halogens is 1. The highest BCUT2D eigenvalue weighted by atomic mass is 35.5. The van der Waals surface area contributed by atoms with E-state index in [1.165, 1.54) is 0 Å². The monoisotopic (exact) mass is 213 g/mol. The van der Waals surface area contributed by atoms with Gasteiger partial charge in [0.15, 0.2) is 0 Å². The molecule has 0 aliphatic rings. The largest absolute Gasteiger partial charge is 0.294 e. The lowest BCUT2D eigenvalue weighted by Crippen LogP contribution is -2.32. The molecule has 0 atom stereocenters. The van der Waals surface area contributed by atoms with Crippen LogP contribution in [0.15, 0.2) is 18.5 Å². The minimum absolute atomic E-state index is 0.182. The molecule has 0 bridgehead atoms. The van der Waals surface area contributed by atoms with Gasteiger partial charge in [0.2, 0.25) is 11.9 Å². The second-order valence-corrected chi connectivity index (χ2v) is 3.81. The molecule has 0 spiro atoms. The Morgan fingerprint density at radius 1 is 1.50 bits per heavy atom. The van der Waals surface area contributed by atoms with Crippen LogP contribution < -0.4 is 5.32 Å². The molecule has 0 saturated carbocycles. The van der Waals surface area contributed by atoms with Crippen LogP contribution in [-0.4, -0.2) is 21.8 Å². The fourth-order valence-electron chi connectivity index (χ4n) is 0.695. The van der Waals surface area contributed by atoms with Crippen molar-refractivity contribution in [1.82, 2.24) is 9.97 Å². The molecule has 0 unspecified atom stereocenters. The molecule has 14 heavy (non-hydrogen) atoms.